The third-order valence-corrected chi connectivity index (χ3v) is 6.49. The minimum absolute atomic E-state index is 0.0347. The highest BCUT2D eigenvalue weighted by atomic mass is 32.2. The molecule has 1 aliphatic carbocycles. The Morgan fingerprint density at radius 1 is 1.26 bits per heavy atom. The van der Waals surface area contributed by atoms with E-state index in [9.17, 15) is 13.7 Å². The van der Waals surface area contributed by atoms with Crippen molar-refractivity contribution in [2.75, 3.05) is 30.8 Å². The zero-order valence-corrected chi connectivity index (χ0v) is 19.1. The highest BCUT2D eigenvalue weighted by Crippen LogP contribution is 2.23. The normalized spacial score (nSPS) is 14.0. The van der Waals surface area contributed by atoms with E-state index in [0.717, 1.165) is 29.1 Å². The number of nitrogens with zero attached hydrogens (tertiary/aromatic N) is 2. The first-order valence-corrected chi connectivity index (χ1v) is 11.5. The van der Waals surface area contributed by atoms with Gasteiger partial charge in [0.1, 0.15) is 6.07 Å². The Kier molecular flexibility index (Phi) is 8.54. The molecule has 1 N–H and O–H groups in total. The van der Waals surface area contributed by atoms with Crippen LogP contribution < -0.4 is 9.62 Å². The number of likely N-dealkylation sites (N-methyl/N-ethyl adjacent to an activating group) is 1. The first-order valence-electron chi connectivity index (χ1n) is 9.94. The van der Waals surface area contributed by atoms with Crippen LogP contribution in [0.15, 0.2) is 71.2 Å². The van der Waals surface area contributed by atoms with Crippen LogP contribution in [-0.2, 0) is 14.8 Å². The van der Waals surface area contributed by atoms with Crippen LogP contribution in [0.3, 0.4) is 0 Å². The number of benzene rings is 1. The summed E-state index contributed by atoms with van der Waals surface area (Å²) in [5.41, 5.74) is 3.36. The second-order valence-electron chi connectivity index (χ2n) is 6.62. The van der Waals surface area contributed by atoms with Crippen LogP contribution in [0.2, 0.25) is 0 Å². The van der Waals surface area contributed by atoms with E-state index in [1.165, 1.54) is 11.4 Å². The minimum atomic E-state index is -3.31. The Hall–Kier alpha value is -3.42. The minimum Gasteiger partial charge on any atom is -0.501 e. The van der Waals surface area contributed by atoms with E-state index in [1.807, 2.05) is 25.2 Å². The molecular formula is C24H27N3O3S. The summed E-state index contributed by atoms with van der Waals surface area (Å²) < 4.78 is 30.6. The van der Waals surface area contributed by atoms with Crippen LogP contribution >= 0.6 is 0 Å². The van der Waals surface area contributed by atoms with Gasteiger partial charge in [-0.3, -0.25) is 4.31 Å². The molecule has 6 nitrogen and oxygen atoms in total. The summed E-state index contributed by atoms with van der Waals surface area (Å²) in [6.07, 6.45) is 7.93. The van der Waals surface area contributed by atoms with E-state index in [4.69, 9.17) is 4.74 Å². The van der Waals surface area contributed by atoms with Gasteiger partial charge in [-0.2, -0.15) is 5.26 Å². The molecule has 0 heterocycles. The van der Waals surface area contributed by atoms with E-state index < -0.39 is 10.0 Å². The molecule has 1 aromatic carbocycles. The predicted molar refractivity (Wildman–Crippen MR) is 124 cm³/mol. The summed E-state index contributed by atoms with van der Waals surface area (Å²) in [4.78, 5) is 0. The van der Waals surface area contributed by atoms with Gasteiger partial charge in [0.2, 0.25) is 10.0 Å². The number of methoxy groups -OCH3 is 1. The SMILES string of the molecule is CCNC1=CCC(OC)=CC=C1/C(C#N)=C/C#Cc1ccc(N(C)S(=O)(=O)CC)cc1. The van der Waals surface area contributed by atoms with E-state index in [2.05, 4.69) is 23.2 Å². The van der Waals surface area contributed by atoms with Gasteiger partial charge in [0, 0.05) is 42.9 Å². The molecule has 0 atom stereocenters. The van der Waals surface area contributed by atoms with Crippen LogP contribution in [0.5, 0.6) is 0 Å². The lowest BCUT2D eigenvalue weighted by Crippen LogP contribution is -2.27. The molecule has 1 aliphatic rings. The van der Waals surface area contributed by atoms with Crippen molar-refractivity contribution in [3.63, 3.8) is 0 Å². The van der Waals surface area contributed by atoms with Crippen molar-refractivity contribution in [1.82, 2.24) is 5.32 Å². The van der Waals surface area contributed by atoms with Crippen LogP contribution in [0.1, 0.15) is 25.8 Å². The number of sulfonamides is 1. The molecule has 0 saturated heterocycles. The zero-order valence-electron chi connectivity index (χ0n) is 18.3. The Morgan fingerprint density at radius 2 is 1.97 bits per heavy atom. The zero-order chi connectivity index (χ0) is 22.9. The molecule has 0 amide bonds. The molecule has 0 saturated carbocycles. The number of rotatable bonds is 7. The summed E-state index contributed by atoms with van der Waals surface area (Å²) in [6.45, 7) is 4.33. The van der Waals surface area contributed by atoms with Crippen LogP contribution in [0, 0.1) is 23.2 Å². The molecule has 0 unspecified atom stereocenters. The van der Waals surface area contributed by atoms with E-state index in [0.29, 0.717) is 17.7 Å². The second kappa shape index (κ2) is 11.1. The molecule has 0 fully saturated rings. The predicted octanol–water partition coefficient (Wildman–Crippen LogP) is 3.63. The van der Waals surface area contributed by atoms with E-state index in [1.54, 1.807) is 44.4 Å². The van der Waals surface area contributed by atoms with Crippen molar-refractivity contribution in [3.05, 3.63) is 76.7 Å². The number of hydrogen-bond donors (Lipinski definition) is 1. The standard InChI is InChI=1S/C24H27N3O3S/c1-5-26-24-17-15-22(30-4)14-16-23(24)20(18-25)9-7-8-19-10-12-21(13-11-19)27(3)31(28,29)6-2/h9-14,16-17,26H,5-6,15H2,1-4H3/b20-9+. The van der Waals surface area contributed by atoms with E-state index >= 15 is 0 Å². The first kappa shape index (κ1) is 23.9. The lowest BCUT2D eigenvalue weighted by Gasteiger charge is -2.18. The summed E-state index contributed by atoms with van der Waals surface area (Å²) in [5.74, 6) is 6.78. The largest absolute Gasteiger partial charge is 0.501 e. The summed E-state index contributed by atoms with van der Waals surface area (Å²) in [6, 6.07) is 9.16. The van der Waals surface area contributed by atoms with Crippen molar-refractivity contribution in [2.45, 2.75) is 20.3 Å². The van der Waals surface area contributed by atoms with E-state index in [-0.39, 0.29) is 5.75 Å². The number of anilines is 1. The Labute approximate surface area is 185 Å². The average molecular weight is 438 g/mol. The third kappa shape index (κ3) is 6.28. The van der Waals surface area contributed by atoms with Gasteiger partial charge in [0.05, 0.1) is 29.9 Å². The number of ether oxygens (including phenoxy) is 1. The fourth-order valence-electron chi connectivity index (χ4n) is 2.86. The maximum atomic E-state index is 12.0. The number of nitrogens with one attached hydrogen (secondary N) is 1. The molecule has 0 spiro atoms. The molecule has 0 aromatic heterocycles. The monoisotopic (exact) mass is 437 g/mol. The molecule has 2 rings (SSSR count). The lowest BCUT2D eigenvalue weighted by atomic mass is 10.0. The smallest absolute Gasteiger partial charge is 0.234 e. The highest BCUT2D eigenvalue weighted by Gasteiger charge is 2.15. The summed E-state index contributed by atoms with van der Waals surface area (Å²) in [5, 5.41) is 13.0. The van der Waals surface area contributed by atoms with Crippen LogP contribution in [0.4, 0.5) is 5.69 Å². The topological polar surface area (TPSA) is 82.4 Å². The van der Waals surface area contributed by atoms with Crippen molar-refractivity contribution >= 4 is 15.7 Å². The molecule has 162 valence electrons. The van der Waals surface area contributed by atoms with Crippen molar-refractivity contribution in [1.29, 1.82) is 5.26 Å². The maximum absolute atomic E-state index is 12.0. The average Bonchev–Trinajstić information content (AvgIpc) is 2.99. The van der Waals surface area contributed by atoms with Gasteiger partial charge in [0.25, 0.3) is 0 Å². The molecule has 0 aliphatic heterocycles. The third-order valence-electron chi connectivity index (χ3n) is 4.72. The quantitative estimate of drug-likeness (QED) is 0.520. The lowest BCUT2D eigenvalue weighted by molar-refractivity contribution is 0.285. The van der Waals surface area contributed by atoms with Gasteiger partial charge in [-0.1, -0.05) is 17.9 Å². The van der Waals surface area contributed by atoms with Crippen molar-refractivity contribution < 1.29 is 13.2 Å². The Morgan fingerprint density at radius 3 is 2.55 bits per heavy atom. The molecule has 0 bridgehead atoms. The van der Waals surface area contributed by atoms with Gasteiger partial charge in [-0.05, 0) is 50.3 Å². The first-order chi connectivity index (χ1) is 14.9. The van der Waals surface area contributed by atoms with Gasteiger partial charge in [-0.15, -0.1) is 0 Å². The van der Waals surface area contributed by atoms with Crippen molar-refractivity contribution in [3.8, 4) is 17.9 Å². The van der Waals surface area contributed by atoms with Crippen LogP contribution in [-0.4, -0.2) is 34.9 Å². The fourth-order valence-corrected chi connectivity index (χ4v) is 3.69. The van der Waals surface area contributed by atoms with Crippen molar-refractivity contribution in [2.24, 2.45) is 0 Å². The van der Waals surface area contributed by atoms with Gasteiger partial charge in [0.15, 0.2) is 0 Å². The molecular weight excluding hydrogens is 410 g/mol. The Bertz CT molecular complexity index is 1120. The number of nitriles is 1. The highest BCUT2D eigenvalue weighted by molar-refractivity contribution is 7.92. The van der Waals surface area contributed by atoms with Crippen LogP contribution in [0.25, 0.3) is 0 Å². The number of hydrogen-bond acceptors (Lipinski definition) is 5. The Balaban J connectivity index is 2.29. The maximum Gasteiger partial charge on any atom is 0.234 e. The summed E-state index contributed by atoms with van der Waals surface area (Å²) >= 11 is 0. The second-order valence-corrected chi connectivity index (χ2v) is 8.91. The van der Waals surface area contributed by atoms with Gasteiger partial charge in [-0.25, -0.2) is 8.42 Å². The molecule has 1 aromatic rings. The molecule has 0 radical (unpaired) electrons. The van der Waals surface area contributed by atoms with Gasteiger partial charge >= 0.3 is 0 Å². The molecule has 31 heavy (non-hydrogen) atoms. The fraction of sp³-hybridized carbons (Fsp3) is 0.292. The number of allylic oxidation sites excluding steroid dienone is 5. The summed E-state index contributed by atoms with van der Waals surface area (Å²) in [7, 11) is -0.154. The molecule has 7 heteroatoms. The van der Waals surface area contributed by atoms with Gasteiger partial charge < -0.3 is 10.1 Å².